The van der Waals surface area contributed by atoms with Crippen molar-refractivity contribution in [2.24, 2.45) is 0 Å². The minimum absolute atomic E-state index is 0.197. The Morgan fingerprint density at radius 1 is 1.10 bits per heavy atom. The van der Waals surface area contributed by atoms with Crippen LogP contribution in [0.25, 0.3) is 0 Å². The lowest BCUT2D eigenvalue weighted by Crippen LogP contribution is -2.29. The predicted molar refractivity (Wildman–Crippen MR) is 40.9 cm³/mol. The first-order chi connectivity index (χ1) is 4.72. The summed E-state index contributed by atoms with van der Waals surface area (Å²) in [5.74, 6) is 0. The maximum absolute atomic E-state index is 8.60. The summed E-state index contributed by atoms with van der Waals surface area (Å²) in [7, 11) is 3.91. The number of hydrogen-bond acceptors (Lipinski definition) is 3. The van der Waals surface area contributed by atoms with Crippen molar-refractivity contribution in [2.45, 2.75) is 18.9 Å². The molecule has 0 radical (unpaired) electrons. The van der Waals surface area contributed by atoms with Gasteiger partial charge in [-0.25, -0.2) is 0 Å². The second-order valence-corrected chi connectivity index (χ2v) is 2.64. The molecule has 0 saturated carbocycles. The van der Waals surface area contributed by atoms with Gasteiger partial charge in [-0.05, 0) is 26.9 Å². The smallest absolute Gasteiger partial charge is 0.0445 e. The molecule has 0 amide bonds. The van der Waals surface area contributed by atoms with Gasteiger partial charge in [0.05, 0.1) is 0 Å². The lowest BCUT2D eigenvalue weighted by molar-refractivity contribution is 0.171. The van der Waals surface area contributed by atoms with Gasteiger partial charge in [0.25, 0.3) is 0 Å². The van der Waals surface area contributed by atoms with Crippen LogP contribution in [0.1, 0.15) is 12.8 Å². The minimum atomic E-state index is 0.197. The molecule has 0 rings (SSSR count). The molecule has 0 aliphatic carbocycles. The highest BCUT2D eigenvalue weighted by atomic mass is 16.3. The maximum atomic E-state index is 8.60. The second-order valence-electron chi connectivity index (χ2n) is 2.64. The summed E-state index contributed by atoms with van der Waals surface area (Å²) < 4.78 is 0. The van der Waals surface area contributed by atoms with Crippen molar-refractivity contribution in [3.8, 4) is 0 Å². The van der Waals surface area contributed by atoms with Crippen molar-refractivity contribution < 1.29 is 10.2 Å². The zero-order valence-electron chi connectivity index (χ0n) is 6.75. The van der Waals surface area contributed by atoms with E-state index in [4.69, 9.17) is 10.2 Å². The van der Waals surface area contributed by atoms with Gasteiger partial charge in [-0.2, -0.15) is 0 Å². The van der Waals surface area contributed by atoms with Gasteiger partial charge in [0, 0.05) is 19.3 Å². The fourth-order valence-corrected chi connectivity index (χ4v) is 0.959. The van der Waals surface area contributed by atoms with E-state index >= 15 is 0 Å². The Morgan fingerprint density at radius 3 is 1.70 bits per heavy atom. The molecule has 0 saturated heterocycles. The molecule has 0 bridgehead atoms. The molecule has 0 spiro atoms. The van der Waals surface area contributed by atoms with E-state index < -0.39 is 0 Å². The molecule has 0 aromatic rings. The predicted octanol–water partition coefficient (Wildman–Crippen LogP) is -0.319. The summed E-state index contributed by atoms with van der Waals surface area (Å²) in [6.07, 6.45) is 1.49. The van der Waals surface area contributed by atoms with E-state index in [1.54, 1.807) is 0 Å². The first-order valence-corrected chi connectivity index (χ1v) is 3.60. The summed E-state index contributed by atoms with van der Waals surface area (Å²) in [6, 6.07) is 0.315. The van der Waals surface area contributed by atoms with Crippen LogP contribution >= 0.6 is 0 Å². The van der Waals surface area contributed by atoms with E-state index in [1.165, 1.54) is 0 Å². The summed E-state index contributed by atoms with van der Waals surface area (Å²) in [5, 5.41) is 17.2. The standard InChI is InChI=1S/C7H17NO2/c1-8(2)7(3-5-9)4-6-10/h7,9-10H,3-6H2,1-2H3. The number of rotatable bonds is 5. The third-order valence-electron chi connectivity index (χ3n) is 1.65. The largest absolute Gasteiger partial charge is 0.396 e. The van der Waals surface area contributed by atoms with Crippen molar-refractivity contribution in [2.75, 3.05) is 27.3 Å². The molecule has 0 aromatic carbocycles. The average molecular weight is 147 g/mol. The second kappa shape index (κ2) is 5.65. The fourth-order valence-electron chi connectivity index (χ4n) is 0.959. The van der Waals surface area contributed by atoms with Crippen LogP contribution in [0.5, 0.6) is 0 Å². The summed E-state index contributed by atoms with van der Waals surface area (Å²) in [5.41, 5.74) is 0. The Morgan fingerprint density at radius 2 is 1.50 bits per heavy atom. The first kappa shape index (κ1) is 9.88. The van der Waals surface area contributed by atoms with Crippen LogP contribution in [0.3, 0.4) is 0 Å². The topological polar surface area (TPSA) is 43.7 Å². The molecule has 10 heavy (non-hydrogen) atoms. The molecule has 0 atom stereocenters. The van der Waals surface area contributed by atoms with Crippen LogP contribution in [-0.2, 0) is 0 Å². The van der Waals surface area contributed by atoms with E-state index in [9.17, 15) is 0 Å². The number of nitrogens with zero attached hydrogens (tertiary/aromatic N) is 1. The summed E-state index contributed by atoms with van der Waals surface area (Å²) in [6.45, 7) is 0.395. The lowest BCUT2D eigenvalue weighted by atomic mass is 10.1. The first-order valence-electron chi connectivity index (χ1n) is 3.60. The van der Waals surface area contributed by atoms with Crippen LogP contribution in [0.4, 0.5) is 0 Å². The molecule has 0 aromatic heterocycles. The highest BCUT2D eigenvalue weighted by molar-refractivity contribution is 4.64. The van der Waals surface area contributed by atoms with E-state index in [0.29, 0.717) is 6.04 Å². The highest BCUT2D eigenvalue weighted by Crippen LogP contribution is 2.02. The summed E-state index contributed by atoms with van der Waals surface area (Å²) >= 11 is 0. The molecule has 3 nitrogen and oxygen atoms in total. The minimum Gasteiger partial charge on any atom is -0.396 e. The van der Waals surface area contributed by atoms with Gasteiger partial charge in [-0.3, -0.25) is 0 Å². The van der Waals surface area contributed by atoms with E-state index in [1.807, 2.05) is 19.0 Å². The van der Waals surface area contributed by atoms with Crippen LogP contribution in [0, 0.1) is 0 Å². The molecule has 0 aliphatic heterocycles. The van der Waals surface area contributed by atoms with Gasteiger partial charge in [0.2, 0.25) is 0 Å². The van der Waals surface area contributed by atoms with Crippen LogP contribution < -0.4 is 0 Å². The third kappa shape index (κ3) is 3.82. The van der Waals surface area contributed by atoms with Gasteiger partial charge in [0.1, 0.15) is 0 Å². The van der Waals surface area contributed by atoms with E-state index in [2.05, 4.69) is 0 Å². The van der Waals surface area contributed by atoms with Crippen LogP contribution in [0.2, 0.25) is 0 Å². The van der Waals surface area contributed by atoms with Gasteiger partial charge in [0.15, 0.2) is 0 Å². The van der Waals surface area contributed by atoms with Crippen molar-refractivity contribution in [3.05, 3.63) is 0 Å². The molecule has 0 unspecified atom stereocenters. The Balaban J connectivity index is 3.50. The monoisotopic (exact) mass is 147 g/mol. The summed E-state index contributed by atoms with van der Waals surface area (Å²) in [4.78, 5) is 2.02. The van der Waals surface area contributed by atoms with Crippen molar-refractivity contribution in [3.63, 3.8) is 0 Å². The number of aliphatic hydroxyl groups excluding tert-OH is 2. The fraction of sp³-hybridized carbons (Fsp3) is 1.00. The van der Waals surface area contributed by atoms with E-state index in [-0.39, 0.29) is 13.2 Å². The number of aliphatic hydroxyl groups is 2. The van der Waals surface area contributed by atoms with Crippen LogP contribution in [-0.4, -0.2) is 48.5 Å². The molecular weight excluding hydrogens is 130 g/mol. The molecule has 0 heterocycles. The Labute approximate surface area is 62.3 Å². The van der Waals surface area contributed by atoms with Gasteiger partial charge in [-0.1, -0.05) is 0 Å². The van der Waals surface area contributed by atoms with Gasteiger partial charge >= 0.3 is 0 Å². The zero-order chi connectivity index (χ0) is 7.98. The quantitative estimate of drug-likeness (QED) is 0.560. The Hall–Kier alpha value is -0.120. The van der Waals surface area contributed by atoms with E-state index in [0.717, 1.165) is 12.8 Å². The molecule has 0 aliphatic rings. The zero-order valence-corrected chi connectivity index (χ0v) is 6.75. The molecule has 0 fully saturated rings. The number of hydrogen-bond donors (Lipinski definition) is 2. The SMILES string of the molecule is CN(C)C(CCO)CCO. The normalized spacial score (nSPS) is 11.4. The molecule has 2 N–H and O–H groups in total. The molecule has 62 valence electrons. The van der Waals surface area contributed by atoms with Gasteiger partial charge in [-0.15, -0.1) is 0 Å². The van der Waals surface area contributed by atoms with Gasteiger partial charge < -0.3 is 15.1 Å². The van der Waals surface area contributed by atoms with Crippen molar-refractivity contribution >= 4 is 0 Å². The van der Waals surface area contributed by atoms with Crippen molar-refractivity contribution in [1.82, 2.24) is 4.90 Å². The highest BCUT2D eigenvalue weighted by Gasteiger charge is 2.08. The average Bonchev–Trinajstić information content (AvgIpc) is 1.87. The van der Waals surface area contributed by atoms with Crippen LogP contribution in [0.15, 0.2) is 0 Å². The maximum Gasteiger partial charge on any atom is 0.0445 e. The Bertz CT molecular complexity index is 70.0. The molecular formula is C7H17NO2. The van der Waals surface area contributed by atoms with Crippen molar-refractivity contribution in [1.29, 1.82) is 0 Å². The lowest BCUT2D eigenvalue weighted by Gasteiger charge is -2.22. The third-order valence-corrected chi connectivity index (χ3v) is 1.65. The Kier molecular flexibility index (Phi) is 5.58. The molecule has 3 heteroatoms.